The number of carbonyl (C=O) groups is 1. The highest BCUT2D eigenvalue weighted by Gasteiger charge is 2.01. The molecule has 0 bridgehead atoms. The lowest BCUT2D eigenvalue weighted by Gasteiger charge is -1.92. The number of primary amides is 1. The van der Waals surface area contributed by atoms with Gasteiger partial charge in [-0.1, -0.05) is 5.92 Å². The van der Waals surface area contributed by atoms with Crippen LogP contribution in [0.15, 0.2) is 0 Å². The molecule has 1 amide bonds. The highest BCUT2D eigenvalue weighted by atomic mass is 16.1. The van der Waals surface area contributed by atoms with Crippen LogP contribution >= 0.6 is 0 Å². The van der Waals surface area contributed by atoms with E-state index in [9.17, 15) is 4.79 Å². The molecule has 44 valence electrons. The Morgan fingerprint density at radius 2 is 2.25 bits per heavy atom. The average molecular weight is 112 g/mol. The largest absolute Gasteiger partial charge is 0.367 e. The van der Waals surface area contributed by atoms with Gasteiger partial charge in [0.05, 0.1) is 0 Å². The summed E-state index contributed by atoms with van der Waals surface area (Å²) in [4.78, 5) is 10.1. The van der Waals surface area contributed by atoms with Gasteiger partial charge in [0, 0.05) is 0 Å². The number of nitrogens with two attached hydrogens (primary N) is 2. The van der Waals surface area contributed by atoms with Gasteiger partial charge in [0.25, 0.3) is 0 Å². The molecule has 1 unspecified atom stereocenters. The fraction of sp³-hybridized carbons (Fsp3) is 0.400. The third-order valence-corrected chi connectivity index (χ3v) is 0.606. The van der Waals surface area contributed by atoms with Crippen molar-refractivity contribution in [3.05, 3.63) is 0 Å². The molecule has 8 heavy (non-hydrogen) atoms. The quantitative estimate of drug-likeness (QED) is 0.419. The molecule has 0 spiro atoms. The third-order valence-electron chi connectivity index (χ3n) is 0.606. The van der Waals surface area contributed by atoms with Crippen LogP contribution in [-0.4, -0.2) is 11.9 Å². The average Bonchev–Trinajstić information content (AvgIpc) is 1.67. The molecular formula is C5H8N2O. The summed E-state index contributed by atoms with van der Waals surface area (Å²) in [5.74, 6) is 4.29. The van der Waals surface area contributed by atoms with E-state index in [1.54, 1.807) is 6.92 Å². The molecule has 3 heteroatoms. The summed E-state index contributed by atoms with van der Waals surface area (Å²) in [5.41, 5.74) is 9.83. The zero-order valence-electron chi connectivity index (χ0n) is 4.64. The van der Waals surface area contributed by atoms with E-state index < -0.39 is 11.9 Å². The van der Waals surface area contributed by atoms with Gasteiger partial charge in [0.2, 0.25) is 5.91 Å². The van der Waals surface area contributed by atoms with Gasteiger partial charge in [-0.15, -0.1) is 5.92 Å². The molecule has 0 saturated carbocycles. The van der Waals surface area contributed by atoms with E-state index in [1.807, 2.05) is 0 Å². The van der Waals surface area contributed by atoms with Gasteiger partial charge in [0.15, 0.2) is 0 Å². The Balaban J connectivity index is 3.77. The van der Waals surface area contributed by atoms with Crippen LogP contribution in [0.5, 0.6) is 0 Å². The van der Waals surface area contributed by atoms with Crippen molar-refractivity contribution in [3.8, 4) is 11.8 Å². The minimum absolute atomic E-state index is 0.584. The molecule has 0 saturated heterocycles. The minimum Gasteiger partial charge on any atom is -0.367 e. The molecule has 0 radical (unpaired) electrons. The first kappa shape index (κ1) is 6.99. The summed E-state index contributed by atoms with van der Waals surface area (Å²) in [6, 6.07) is -0.806. The van der Waals surface area contributed by atoms with Crippen LogP contribution in [0.4, 0.5) is 0 Å². The van der Waals surface area contributed by atoms with Crippen molar-refractivity contribution in [1.82, 2.24) is 0 Å². The molecule has 0 aromatic rings. The predicted octanol–water partition coefficient (Wildman–Crippen LogP) is -1.18. The van der Waals surface area contributed by atoms with Gasteiger partial charge in [-0.05, 0) is 6.92 Å². The molecule has 0 fully saturated rings. The summed E-state index contributed by atoms with van der Waals surface area (Å²) in [5, 5.41) is 0. The Morgan fingerprint density at radius 1 is 1.75 bits per heavy atom. The molecule has 0 rings (SSSR count). The maximum Gasteiger partial charge on any atom is 0.246 e. The molecule has 0 heterocycles. The third kappa shape index (κ3) is 2.21. The van der Waals surface area contributed by atoms with Crippen molar-refractivity contribution < 1.29 is 4.79 Å². The van der Waals surface area contributed by atoms with Gasteiger partial charge in [-0.2, -0.15) is 0 Å². The Bertz CT molecular complexity index is 142. The second-order valence-electron chi connectivity index (χ2n) is 1.27. The molecule has 0 aliphatic rings. The first-order valence-electron chi connectivity index (χ1n) is 2.15. The SMILES string of the molecule is CC#CC(N)C(N)=O. The fourth-order valence-electron chi connectivity index (χ4n) is 0.227. The van der Waals surface area contributed by atoms with E-state index in [0.717, 1.165) is 0 Å². The lowest BCUT2D eigenvalue weighted by Crippen LogP contribution is -2.34. The first-order chi connectivity index (χ1) is 3.68. The van der Waals surface area contributed by atoms with Crippen LogP contribution in [0.1, 0.15) is 6.92 Å². The number of rotatable bonds is 1. The Morgan fingerprint density at radius 3 is 2.38 bits per heavy atom. The Labute approximate surface area is 48.0 Å². The highest BCUT2D eigenvalue weighted by Crippen LogP contribution is 1.68. The molecular weight excluding hydrogens is 104 g/mol. The maximum atomic E-state index is 10.1. The van der Waals surface area contributed by atoms with Crippen LogP contribution in [0.25, 0.3) is 0 Å². The van der Waals surface area contributed by atoms with Crippen molar-refractivity contribution in [3.63, 3.8) is 0 Å². The van der Waals surface area contributed by atoms with Crippen molar-refractivity contribution in [2.45, 2.75) is 13.0 Å². The second-order valence-corrected chi connectivity index (χ2v) is 1.27. The summed E-state index contributed by atoms with van der Waals surface area (Å²) in [7, 11) is 0. The monoisotopic (exact) mass is 112 g/mol. The van der Waals surface area contributed by atoms with Gasteiger partial charge in [-0.3, -0.25) is 4.79 Å². The van der Waals surface area contributed by atoms with E-state index in [2.05, 4.69) is 11.8 Å². The second kappa shape index (κ2) is 3.05. The van der Waals surface area contributed by atoms with Crippen LogP contribution in [0, 0.1) is 11.8 Å². The number of amides is 1. The van der Waals surface area contributed by atoms with E-state index in [-0.39, 0.29) is 0 Å². The minimum atomic E-state index is -0.806. The number of carbonyl (C=O) groups excluding carboxylic acids is 1. The van der Waals surface area contributed by atoms with Gasteiger partial charge < -0.3 is 11.5 Å². The number of hydrogen-bond donors (Lipinski definition) is 2. The normalized spacial score (nSPS) is 11.2. The van der Waals surface area contributed by atoms with Crippen LogP contribution in [0.2, 0.25) is 0 Å². The predicted molar refractivity (Wildman–Crippen MR) is 30.6 cm³/mol. The first-order valence-corrected chi connectivity index (χ1v) is 2.15. The zero-order valence-corrected chi connectivity index (χ0v) is 4.64. The summed E-state index contributed by atoms with van der Waals surface area (Å²) >= 11 is 0. The molecule has 0 aromatic heterocycles. The van der Waals surface area contributed by atoms with Gasteiger partial charge in [0.1, 0.15) is 6.04 Å². The molecule has 3 nitrogen and oxygen atoms in total. The van der Waals surface area contributed by atoms with Gasteiger partial charge in [-0.25, -0.2) is 0 Å². The lowest BCUT2D eigenvalue weighted by atomic mass is 10.3. The van der Waals surface area contributed by atoms with Crippen molar-refractivity contribution in [2.24, 2.45) is 11.5 Å². The standard InChI is InChI=1S/C5H8N2O/c1-2-3-4(6)5(7)8/h4H,6H2,1H3,(H2,7,8). The van der Waals surface area contributed by atoms with E-state index in [4.69, 9.17) is 11.5 Å². The summed E-state index contributed by atoms with van der Waals surface area (Å²) in [6.07, 6.45) is 0. The Hall–Kier alpha value is -1.01. The smallest absolute Gasteiger partial charge is 0.246 e. The van der Waals surface area contributed by atoms with Crippen LogP contribution in [0.3, 0.4) is 0 Å². The maximum absolute atomic E-state index is 10.1. The lowest BCUT2D eigenvalue weighted by molar-refractivity contribution is -0.118. The molecule has 0 aliphatic heterocycles. The van der Waals surface area contributed by atoms with Crippen molar-refractivity contribution >= 4 is 5.91 Å². The topological polar surface area (TPSA) is 69.1 Å². The summed E-state index contributed by atoms with van der Waals surface area (Å²) < 4.78 is 0. The zero-order chi connectivity index (χ0) is 6.57. The van der Waals surface area contributed by atoms with E-state index >= 15 is 0 Å². The van der Waals surface area contributed by atoms with Gasteiger partial charge >= 0.3 is 0 Å². The molecule has 4 N–H and O–H groups in total. The Kier molecular flexibility index (Phi) is 2.67. The highest BCUT2D eigenvalue weighted by molar-refractivity contribution is 5.82. The van der Waals surface area contributed by atoms with Crippen molar-refractivity contribution in [1.29, 1.82) is 0 Å². The molecule has 0 aromatic carbocycles. The summed E-state index contributed by atoms with van der Waals surface area (Å²) in [6.45, 7) is 1.60. The fourth-order valence-corrected chi connectivity index (χ4v) is 0.227. The van der Waals surface area contributed by atoms with E-state index in [1.165, 1.54) is 0 Å². The molecule has 1 atom stereocenters. The van der Waals surface area contributed by atoms with Crippen LogP contribution in [-0.2, 0) is 4.79 Å². The molecule has 0 aliphatic carbocycles. The number of hydrogen-bond acceptors (Lipinski definition) is 2. The van der Waals surface area contributed by atoms with E-state index in [0.29, 0.717) is 0 Å². The van der Waals surface area contributed by atoms with Crippen molar-refractivity contribution in [2.75, 3.05) is 0 Å². The van der Waals surface area contributed by atoms with Crippen LogP contribution < -0.4 is 11.5 Å².